The average molecular weight is 532 g/mol. The molecule has 206 valence electrons. The number of benzene rings is 1. The molecule has 1 aliphatic rings. The van der Waals surface area contributed by atoms with Crippen LogP contribution in [0.25, 0.3) is 0 Å². The summed E-state index contributed by atoms with van der Waals surface area (Å²) in [6, 6.07) is 9.40. The third-order valence-corrected chi connectivity index (χ3v) is 9.07. The number of aryl methyl sites for hydroxylation is 1. The highest BCUT2D eigenvalue weighted by molar-refractivity contribution is 7.89. The predicted molar refractivity (Wildman–Crippen MR) is 148 cm³/mol. The highest BCUT2D eigenvalue weighted by Gasteiger charge is 2.32. The van der Waals surface area contributed by atoms with Crippen LogP contribution in [-0.2, 0) is 33.7 Å². The number of amides is 1. The molecule has 2 heterocycles. The number of aromatic nitrogens is 2. The van der Waals surface area contributed by atoms with Crippen LogP contribution in [-0.4, -0.2) is 71.8 Å². The smallest absolute Gasteiger partial charge is 0.262 e. The van der Waals surface area contributed by atoms with E-state index in [0.29, 0.717) is 38.0 Å². The molecule has 0 aliphatic carbocycles. The summed E-state index contributed by atoms with van der Waals surface area (Å²) in [5, 5.41) is 3.64. The Labute approximate surface area is 223 Å². The molecule has 9 heteroatoms. The predicted octanol–water partition coefficient (Wildman–Crippen LogP) is 3.58. The van der Waals surface area contributed by atoms with Gasteiger partial charge in [0.25, 0.3) is 10.0 Å². The number of nitrogens with one attached hydrogen (secondary N) is 1. The second-order valence-electron chi connectivity index (χ2n) is 11.5. The van der Waals surface area contributed by atoms with E-state index in [-0.39, 0.29) is 22.9 Å². The van der Waals surface area contributed by atoms with Crippen LogP contribution in [0.2, 0.25) is 0 Å². The van der Waals surface area contributed by atoms with E-state index in [4.69, 9.17) is 0 Å². The summed E-state index contributed by atoms with van der Waals surface area (Å²) in [5.41, 5.74) is 2.90. The molecule has 2 unspecified atom stereocenters. The van der Waals surface area contributed by atoms with Gasteiger partial charge >= 0.3 is 0 Å². The van der Waals surface area contributed by atoms with E-state index in [1.165, 1.54) is 28.0 Å². The second-order valence-corrected chi connectivity index (χ2v) is 13.4. The Morgan fingerprint density at radius 2 is 1.78 bits per heavy atom. The maximum absolute atomic E-state index is 12.9. The number of sulfonamides is 1. The summed E-state index contributed by atoms with van der Waals surface area (Å²) in [6.45, 7) is 13.6. The van der Waals surface area contributed by atoms with Gasteiger partial charge in [-0.05, 0) is 61.6 Å². The average Bonchev–Trinajstić information content (AvgIpc) is 3.19. The minimum absolute atomic E-state index is 0.00686. The summed E-state index contributed by atoms with van der Waals surface area (Å²) < 4.78 is 28.6. The molecule has 1 aromatic heterocycles. The van der Waals surface area contributed by atoms with Crippen molar-refractivity contribution >= 4 is 15.9 Å². The Morgan fingerprint density at radius 1 is 1.08 bits per heavy atom. The molecular weight excluding hydrogens is 486 g/mol. The lowest BCUT2D eigenvalue weighted by Crippen LogP contribution is -2.40. The van der Waals surface area contributed by atoms with E-state index in [2.05, 4.69) is 69.2 Å². The molecule has 8 nitrogen and oxygen atoms in total. The maximum atomic E-state index is 12.9. The van der Waals surface area contributed by atoms with E-state index in [1.54, 1.807) is 16.5 Å². The van der Waals surface area contributed by atoms with Crippen molar-refractivity contribution in [3.05, 3.63) is 47.9 Å². The first-order chi connectivity index (χ1) is 17.4. The number of rotatable bonds is 11. The molecule has 2 atom stereocenters. The van der Waals surface area contributed by atoms with Gasteiger partial charge in [0.15, 0.2) is 5.03 Å². The third-order valence-electron chi connectivity index (χ3n) is 7.34. The van der Waals surface area contributed by atoms with Gasteiger partial charge in [0.2, 0.25) is 5.91 Å². The van der Waals surface area contributed by atoms with Crippen LogP contribution in [0.1, 0.15) is 65.0 Å². The Morgan fingerprint density at radius 3 is 2.41 bits per heavy atom. The molecule has 3 rings (SSSR count). The fourth-order valence-electron chi connectivity index (χ4n) is 4.64. The third kappa shape index (κ3) is 8.12. The number of carbonyl (C=O) groups is 1. The quantitative estimate of drug-likeness (QED) is 0.448. The number of carbonyl (C=O) groups excluding carboxylic acids is 1. The topological polar surface area (TPSA) is 87.5 Å². The summed E-state index contributed by atoms with van der Waals surface area (Å²) in [5.74, 6) is 0.379. The fourth-order valence-corrected chi connectivity index (χ4v) is 6.03. The van der Waals surface area contributed by atoms with Crippen LogP contribution in [0.15, 0.2) is 41.8 Å². The van der Waals surface area contributed by atoms with E-state index >= 15 is 0 Å². The van der Waals surface area contributed by atoms with Crippen molar-refractivity contribution in [3.8, 4) is 0 Å². The van der Waals surface area contributed by atoms with Gasteiger partial charge in [0.1, 0.15) is 0 Å². The van der Waals surface area contributed by atoms with Crippen molar-refractivity contribution in [2.45, 2.75) is 76.8 Å². The normalized spacial score (nSPS) is 17.6. The highest BCUT2D eigenvalue weighted by atomic mass is 32.2. The second kappa shape index (κ2) is 12.5. The molecule has 1 amide bonds. The Kier molecular flexibility index (Phi) is 9.94. The number of unbranched alkanes of at least 4 members (excludes halogenated alkanes) is 1. The standard InChI is InChI=1S/C28H45N5O3S/c1-22(18-24-10-12-25(13-11-24)28(3,4)5)23(2)29-14-7-8-15-32-16-9-17-33(20-27(32)34)37(35,36)26-19-31(6)21-30-26/h10-13,19,21-23,29H,7-9,14-18,20H2,1-6H3. The Balaban J connectivity index is 1.38. The number of hydrogen-bond donors (Lipinski definition) is 1. The van der Waals surface area contributed by atoms with E-state index < -0.39 is 10.0 Å². The van der Waals surface area contributed by atoms with Crippen molar-refractivity contribution in [3.63, 3.8) is 0 Å². The number of hydrogen-bond acceptors (Lipinski definition) is 5. The first kappa shape index (κ1) is 29.3. The number of imidazole rings is 1. The van der Waals surface area contributed by atoms with Crippen LogP contribution >= 0.6 is 0 Å². The SMILES string of the molecule is CC(Cc1ccc(C(C)(C)C)cc1)C(C)NCCCCN1CCCN(S(=O)(=O)c2cn(C)cn2)CC1=O. The van der Waals surface area contributed by atoms with Gasteiger partial charge in [-0.2, -0.15) is 4.31 Å². The molecule has 1 aliphatic heterocycles. The van der Waals surface area contributed by atoms with Crippen LogP contribution in [0.3, 0.4) is 0 Å². The zero-order chi connectivity index (χ0) is 27.2. The molecule has 1 saturated heterocycles. The van der Waals surface area contributed by atoms with Crippen molar-refractivity contribution in [2.24, 2.45) is 13.0 Å². The first-order valence-electron chi connectivity index (χ1n) is 13.5. The summed E-state index contributed by atoms with van der Waals surface area (Å²) in [6.07, 6.45) is 6.46. The summed E-state index contributed by atoms with van der Waals surface area (Å²) in [4.78, 5) is 18.6. The van der Waals surface area contributed by atoms with E-state index in [0.717, 1.165) is 25.8 Å². The van der Waals surface area contributed by atoms with E-state index in [9.17, 15) is 13.2 Å². The van der Waals surface area contributed by atoms with Gasteiger partial charge in [-0.25, -0.2) is 13.4 Å². The molecule has 0 spiro atoms. The Hall–Kier alpha value is -2.23. The monoisotopic (exact) mass is 531 g/mol. The molecular formula is C28H45N5O3S. The molecule has 1 N–H and O–H groups in total. The molecule has 1 fully saturated rings. The van der Waals surface area contributed by atoms with Gasteiger partial charge in [0, 0.05) is 38.9 Å². The van der Waals surface area contributed by atoms with Crippen LogP contribution in [0, 0.1) is 5.92 Å². The molecule has 37 heavy (non-hydrogen) atoms. The highest BCUT2D eigenvalue weighted by Crippen LogP contribution is 2.23. The lowest BCUT2D eigenvalue weighted by molar-refractivity contribution is -0.130. The van der Waals surface area contributed by atoms with Gasteiger partial charge in [0.05, 0.1) is 12.9 Å². The van der Waals surface area contributed by atoms with Gasteiger partial charge in [-0.3, -0.25) is 4.79 Å². The molecule has 0 saturated carbocycles. The van der Waals surface area contributed by atoms with Crippen LogP contribution < -0.4 is 5.32 Å². The van der Waals surface area contributed by atoms with Gasteiger partial charge in [-0.15, -0.1) is 0 Å². The van der Waals surface area contributed by atoms with Gasteiger partial charge in [-0.1, -0.05) is 52.0 Å². The van der Waals surface area contributed by atoms with Crippen LogP contribution in [0.5, 0.6) is 0 Å². The van der Waals surface area contributed by atoms with Crippen molar-refractivity contribution < 1.29 is 13.2 Å². The van der Waals surface area contributed by atoms with Gasteiger partial charge < -0.3 is 14.8 Å². The molecule has 0 radical (unpaired) electrons. The van der Waals surface area contributed by atoms with E-state index in [1.807, 2.05) is 0 Å². The lowest BCUT2D eigenvalue weighted by Gasteiger charge is -2.24. The Bertz CT molecular complexity index is 1120. The van der Waals surface area contributed by atoms with Crippen molar-refractivity contribution in [1.29, 1.82) is 0 Å². The lowest BCUT2D eigenvalue weighted by atomic mass is 9.85. The molecule has 1 aromatic carbocycles. The minimum Gasteiger partial charge on any atom is -0.342 e. The number of nitrogens with zero attached hydrogens (tertiary/aromatic N) is 4. The molecule has 0 bridgehead atoms. The molecule has 2 aromatic rings. The zero-order valence-electron chi connectivity index (χ0n) is 23.4. The largest absolute Gasteiger partial charge is 0.342 e. The van der Waals surface area contributed by atoms with Crippen LogP contribution in [0.4, 0.5) is 0 Å². The summed E-state index contributed by atoms with van der Waals surface area (Å²) in [7, 11) is -2.03. The van der Waals surface area contributed by atoms with Crippen molar-refractivity contribution in [1.82, 2.24) is 24.1 Å². The minimum atomic E-state index is -3.76. The van der Waals surface area contributed by atoms with Crippen molar-refractivity contribution in [2.75, 3.05) is 32.7 Å². The maximum Gasteiger partial charge on any atom is 0.262 e. The summed E-state index contributed by atoms with van der Waals surface area (Å²) >= 11 is 0. The first-order valence-corrected chi connectivity index (χ1v) is 14.9. The zero-order valence-corrected chi connectivity index (χ0v) is 24.2. The fraction of sp³-hybridized carbons (Fsp3) is 0.643.